The highest BCUT2D eigenvalue weighted by Crippen LogP contribution is 2.19. The lowest BCUT2D eigenvalue weighted by molar-refractivity contribution is 0.184. The van der Waals surface area contributed by atoms with Crippen molar-refractivity contribution in [3.05, 3.63) is 0 Å². The van der Waals surface area contributed by atoms with Crippen LogP contribution in [-0.4, -0.2) is 56.1 Å². The highest BCUT2D eigenvalue weighted by atomic mass is 16.2. The third kappa shape index (κ3) is 2.12. The predicted octanol–water partition coefficient (Wildman–Crippen LogP) is 0.208. The van der Waals surface area contributed by atoms with E-state index < -0.39 is 0 Å². The van der Waals surface area contributed by atoms with E-state index in [9.17, 15) is 4.79 Å². The third-order valence-electron chi connectivity index (χ3n) is 2.79. The fourth-order valence-corrected chi connectivity index (χ4v) is 2.02. The standard InChI is InChI=1S/C9H19N3O/c1-7-5-11(3)6-8(7)12(4)9(13)10-2/h7-8H,5-6H2,1-4H3,(H,10,13). The minimum atomic E-state index is 0.00662. The number of likely N-dealkylation sites (N-methyl/N-ethyl adjacent to an activating group) is 2. The van der Waals surface area contributed by atoms with Gasteiger partial charge in [-0.15, -0.1) is 0 Å². The maximum Gasteiger partial charge on any atom is 0.317 e. The second kappa shape index (κ2) is 3.96. The maximum atomic E-state index is 11.3. The first-order valence-electron chi connectivity index (χ1n) is 4.69. The molecule has 1 N–H and O–H groups in total. The van der Waals surface area contributed by atoms with Gasteiger partial charge in [-0.1, -0.05) is 6.92 Å². The molecular weight excluding hydrogens is 166 g/mol. The summed E-state index contributed by atoms with van der Waals surface area (Å²) in [6, 6.07) is 0.358. The maximum absolute atomic E-state index is 11.3. The third-order valence-corrected chi connectivity index (χ3v) is 2.79. The van der Waals surface area contributed by atoms with Crippen LogP contribution in [0.3, 0.4) is 0 Å². The predicted molar refractivity (Wildman–Crippen MR) is 52.7 cm³/mol. The first kappa shape index (κ1) is 10.3. The fourth-order valence-electron chi connectivity index (χ4n) is 2.02. The van der Waals surface area contributed by atoms with E-state index in [0.717, 1.165) is 13.1 Å². The Morgan fingerprint density at radius 2 is 2.15 bits per heavy atom. The Labute approximate surface area is 79.9 Å². The van der Waals surface area contributed by atoms with Gasteiger partial charge in [-0.3, -0.25) is 0 Å². The van der Waals surface area contributed by atoms with E-state index in [4.69, 9.17) is 0 Å². The topological polar surface area (TPSA) is 35.6 Å². The van der Waals surface area contributed by atoms with Crippen LogP contribution in [0.25, 0.3) is 0 Å². The van der Waals surface area contributed by atoms with Crippen LogP contribution in [0.5, 0.6) is 0 Å². The van der Waals surface area contributed by atoms with Crippen molar-refractivity contribution in [2.45, 2.75) is 13.0 Å². The molecule has 4 heteroatoms. The Morgan fingerprint density at radius 1 is 1.54 bits per heavy atom. The van der Waals surface area contributed by atoms with Crippen LogP contribution in [0.1, 0.15) is 6.92 Å². The minimum Gasteiger partial charge on any atom is -0.341 e. The van der Waals surface area contributed by atoms with Crippen LogP contribution in [-0.2, 0) is 0 Å². The molecule has 0 aromatic rings. The van der Waals surface area contributed by atoms with Gasteiger partial charge in [0.15, 0.2) is 0 Å². The van der Waals surface area contributed by atoms with Crippen molar-refractivity contribution in [3.8, 4) is 0 Å². The van der Waals surface area contributed by atoms with Crippen LogP contribution in [0.2, 0.25) is 0 Å². The van der Waals surface area contributed by atoms with Gasteiger partial charge in [-0.05, 0) is 13.0 Å². The molecule has 1 rings (SSSR count). The van der Waals surface area contributed by atoms with Crippen LogP contribution < -0.4 is 5.32 Å². The normalized spacial score (nSPS) is 28.9. The Kier molecular flexibility index (Phi) is 3.14. The van der Waals surface area contributed by atoms with E-state index in [-0.39, 0.29) is 6.03 Å². The molecule has 1 heterocycles. The largest absolute Gasteiger partial charge is 0.341 e. The van der Waals surface area contributed by atoms with Crippen molar-refractivity contribution in [2.24, 2.45) is 5.92 Å². The van der Waals surface area contributed by atoms with E-state index in [1.165, 1.54) is 0 Å². The molecule has 1 aliphatic heterocycles. The molecule has 0 bridgehead atoms. The highest BCUT2D eigenvalue weighted by Gasteiger charge is 2.32. The summed E-state index contributed by atoms with van der Waals surface area (Å²) in [6.07, 6.45) is 0. The number of nitrogens with zero attached hydrogens (tertiary/aromatic N) is 2. The molecule has 2 unspecified atom stereocenters. The highest BCUT2D eigenvalue weighted by molar-refractivity contribution is 5.73. The van der Waals surface area contributed by atoms with Gasteiger partial charge in [-0.2, -0.15) is 0 Å². The molecule has 0 aromatic heterocycles. The van der Waals surface area contributed by atoms with Gasteiger partial charge in [0, 0.05) is 33.2 Å². The summed E-state index contributed by atoms with van der Waals surface area (Å²) in [7, 11) is 5.62. The monoisotopic (exact) mass is 185 g/mol. The molecule has 0 aromatic carbocycles. The van der Waals surface area contributed by atoms with Crippen LogP contribution >= 0.6 is 0 Å². The molecule has 0 spiro atoms. The quantitative estimate of drug-likeness (QED) is 0.634. The number of carbonyl (C=O) groups is 1. The van der Waals surface area contributed by atoms with E-state index in [1.54, 1.807) is 11.9 Å². The zero-order chi connectivity index (χ0) is 10.0. The Balaban J connectivity index is 2.56. The smallest absolute Gasteiger partial charge is 0.317 e. The molecule has 2 atom stereocenters. The van der Waals surface area contributed by atoms with Gasteiger partial charge in [0.25, 0.3) is 0 Å². The molecule has 76 valence electrons. The van der Waals surface area contributed by atoms with Gasteiger partial charge >= 0.3 is 6.03 Å². The lowest BCUT2D eigenvalue weighted by Gasteiger charge is -2.26. The lowest BCUT2D eigenvalue weighted by Crippen LogP contribution is -2.45. The molecule has 0 aliphatic carbocycles. The second-order valence-electron chi connectivity index (χ2n) is 3.93. The fraction of sp³-hybridized carbons (Fsp3) is 0.889. The molecule has 4 nitrogen and oxygen atoms in total. The molecule has 1 aliphatic rings. The molecule has 1 fully saturated rings. The SMILES string of the molecule is CNC(=O)N(C)C1CN(C)CC1C. The molecule has 13 heavy (non-hydrogen) atoms. The summed E-state index contributed by atoms with van der Waals surface area (Å²) in [5, 5.41) is 2.65. The van der Waals surface area contributed by atoms with Crippen molar-refractivity contribution in [2.75, 3.05) is 34.2 Å². The molecule has 1 saturated heterocycles. The average molecular weight is 185 g/mol. The van der Waals surface area contributed by atoms with Crippen molar-refractivity contribution >= 4 is 6.03 Å². The zero-order valence-electron chi connectivity index (χ0n) is 8.87. The molecule has 0 radical (unpaired) electrons. The number of amides is 2. The Bertz CT molecular complexity index is 195. The summed E-state index contributed by atoms with van der Waals surface area (Å²) in [4.78, 5) is 15.4. The summed E-state index contributed by atoms with van der Waals surface area (Å²) in [5.41, 5.74) is 0. The van der Waals surface area contributed by atoms with Gasteiger partial charge < -0.3 is 15.1 Å². The summed E-state index contributed by atoms with van der Waals surface area (Å²) >= 11 is 0. The summed E-state index contributed by atoms with van der Waals surface area (Å²) in [5.74, 6) is 0.562. The second-order valence-corrected chi connectivity index (χ2v) is 3.93. The van der Waals surface area contributed by atoms with Crippen molar-refractivity contribution in [1.82, 2.24) is 15.1 Å². The zero-order valence-corrected chi connectivity index (χ0v) is 8.87. The number of hydrogen-bond acceptors (Lipinski definition) is 2. The van der Waals surface area contributed by atoms with Gasteiger partial charge in [0.05, 0.1) is 0 Å². The molecular formula is C9H19N3O. The van der Waals surface area contributed by atoms with Crippen LogP contribution in [0.4, 0.5) is 4.79 Å². The summed E-state index contributed by atoms with van der Waals surface area (Å²) < 4.78 is 0. The van der Waals surface area contributed by atoms with E-state index >= 15 is 0 Å². The van der Waals surface area contributed by atoms with E-state index in [0.29, 0.717) is 12.0 Å². The molecule has 0 saturated carbocycles. The van der Waals surface area contributed by atoms with E-state index in [2.05, 4.69) is 24.2 Å². The number of hydrogen-bond donors (Lipinski definition) is 1. The van der Waals surface area contributed by atoms with Crippen LogP contribution in [0, 0.1) is 5.92 Å². The van der Waals surface area contributed by atoms with Crippen molar-refractivity contribution in [1.29, 1.82) is 0 Å². The van der Waals surface area contributed by atoms with E-state index in [1.807, 2.05) is 7.05 Å². The number of rotatable bonds is 1. The van der Waals surface area contributed by atoms with Crippen molar-refractivity contribution in [3.63, 3.8) is 0 Å². The average Bonchev–Trinajstić information content (AvgIpc) is 2.42. The Hall–Kier alpha value is -0.770. The number of carbonyl (C=O) groups excluding carboxylic acids is 1. The Morgan fingerprint density at radius 3 is 2.54 bits per heavy atom. The van der Waals surface area contributed by atoms with Crippen molar-refractivity contribution < 1.29 is 4.79 Å². The summed E-state index contributed by atoms with van der Waals surface area (Å²) in [6.45, 7) is 4.24. The van der Waals surface area contributed by atoms with Gasteiger partial charge in [0.2, 0.25) is 0 Å². The van der Waals surface area contributed by atoms with Gasteiger partial charge in [0.1, 0.15) is 0 Å². The first-order valence-corrected chi connectivity index (χ1v) is 4.69. The molecule has 2 amide bonds. The minimum absolute atomic E-state index is 0.00662. The number of urea groups is 1. The first-order chi connectivity index (χ1) is 6.06. The van der Waals surface area contributed by atoms with Crippen LogP contribution in [0.15, 0.2) is 0 Å². The number of nitrogens with one attached hydrogen (secondary N) is 1. The number of likely N-dealkylation sites (tertiary alicyclic amines) is 1. The van der Waals surface area contributed by atoms with Gasteiger partial charge in [-0.25, -0.2) is 4.79 Å². The lowest BCUT2D eigenvalue weighted by atomic mass is 10.1.